The van der Waals surface area contributed by atoms with Crippen molar-refractivity contribution in [1.29, 1.82) is 0 Å². The molecule has 0 spiro atoms. The van der Waals surface area contributed by atoms with Crippen LogP contribution in [-0.4, -0.2) is 41.0 Å². The molecule has 6 nitrogen and oxygen atoms in total. The lowest BCUT2D eigenvalue weighted by molar-refractivity contribution is -0.143. The molecule has 1 fully saturated rings. The highest BCUT2D eigenvalue weighted by Gasteiger charge is 2.30. The molecule has 1 aliphatic rings. The fraction of sp³-hybridized carbons (Fsp3) is 0.571. The lowest BCUT2D eigenvalue weighted by Crippen LogP contribution is -2.52. The van der Waals surface area contributed by atoms with Gasteiger partial charge >= 0.3 is 0 Å². The van der Waals surface area contributed by atoms with Crippen molar-refractivity contribution in [3.63, 3.8) is 0 Å². The zero-order valence-corrected chi connectivity index (χ0v) is 6.90. The average molecular weight is 186 g/mol. The Balaban J connectivity index is 2.64. The largest absolute Gasteiger partial charge is 0.376 e. The second kappa shape index (κ2) is 3.99. The highest BCUT2D eigenvalue weighted by atomic mass is 16.3. The number of hydrogen-bond donors (Lipinski definition) is 2. The molecule has 1 unspecified atom stereocenters. The quantitative estimate of drug-likeness (QED) is 0.309. The van der Waals surface area contributed by atoms with Crippen LogP contribution in [0, 0.1) is 0 Å². The predicted molar refractivity (Wildman–Crippen MR) is 41.2 cm³/mol. The van der Waals surface area contributed by atoms with Gasteiger partial charge in [0.15, 0.2) is 0 Å². The summed E-state index contributed by atoms with van der Waals surface area (Å²) in [5.74, 6) is -0.873. The molecular weight excluding hydrogens is 176 g/mol. The highest BCUT2D eigenvalue weighted by Crippen LogP contribution is 2.09. The molecule has 0 aromatic heterocycles. The Labute approximate surface area is 74.5 Å². The van der Waals surface area contributed by atoms with Gasteiger partial charge in [-0.15, -0.1) is 0 Å². The summed E-state index contributed by atoms with van der Waals surface area (Å²) < 4.78 is 0. The minimum Gasteiger partial charge on any atom is -0.376 e. The van der Waals surface area contributed by atoms with Crippen molar-refractivity contribution in [3.05, 3.63) is 0 Å². The Hall–Kier alpha value is -1.43. The van der Waals surface area contributed by atoms with E-state index >= 15 is 0 Å². The highest BCUT2D eigenvalue weighted by molar-refractivity contribution is 6.00. The van der Waals surface area contributed by atoms with Crippen LogP contribution in [-0.2, 0) is 14.4 Å². The van der Waals surface area contributed by atoms with Crippen molar-refractivity contribution < 1.29 is 19.5 Å². The molecule has 0 radical (unpaired) electrons. The summed E-state index contributed by atoms with van der Waals surface area (Å²) in [7, 11) is 0. The molecule has 0 saturated carbocycles. The number of nitrogens with zero attached hydrogens (tertiary/aromatic N) is 1. The summed E-state index contributed by atoms with van der Waals surface area (Å²) in [6.45, 7) is -0.518. The van der Waals surface area contributed by atoms with Crippen LogP contribution in [0.3, 0.4) is 0 Å². The first-order valence-corrected chi connectivity index (χ1v) is 3.84. The van der Waals surface area contributed by atoms with E-state index in [1.54, 1.807) is 0 Å². The summed E-state index contributed by atoms with van der Waals surface area (Å²) in [6.07, 6.45) is 0.852. The number of carbonyl (C=O) groups excluding carboxylic acids is 3. The number of nitrogens with one attached hydrogen (secondary N) is 1. The van der Waals surface area contributed by atoms with Crippen molar-refractivity contribution in [2.24, 2.45) is 0 Å². The molecule has 3 amide bonds. The molecule has 6 heteroatoms. The lowest BCUT2D eigenvalue weighted by atomic mass is 10.1. The zero-order valence-electron chi connectivity index (χ0n) is 6.90. The Morgan fingerprint density at radius 1 is 1.62 bits per heavy atom. The summed E-state index contributed by atoms with van der Waals surface area (Å²) >= 11 is 0. The molecule has 1 aliphatic heterocycles. The summed E-state index contributed by atoms with van der Waals surface area (Å²) in [4.78, 5) is 33.1. The van der Waals surface area contributed by atoms with E-state index in [9.17, 15) is 14.4 Å². The van der Waals surface area contributed by atoms with Gasteiger partial charge in [0.05, 0.1) is 0 Å². The number of rotatable bonds is 3. The molecule has 1 rings (SSSR count). The minimum atomic E-state index is -0.722. The second-order valence-corrected chi connectivity index (χ2v) is 2.73. The number of aliphatic hydroxyl groups excluding tert-OH is 1. The molecule has 2 N–H and O–H groups in total. The monoisotopic (exact) mass is 186 g/mol. The van der Waals surface area contributed by atoms with E-state index in [1.807, 2.05) is 0 Å². The Kier molecular flexibility index (Phi) is 2.97. The zero-order chi connectivity index (χ0) is 9.84. The van der Waals surface area contributed by atoms with Gasteiger partial charge in [0, 0.05) is 6.42 Å². The lowest BCUT2D eigenvalue weighted by Gasteiger charge is -2.27. The third-order valence-corrected chi connectivity index (χ3v) is 1.91. The summed E-state index contributed by atoms with van der Waals surface area (Å²) in [6, 6.07) is -0.722. The number of hydrogen-bond acceptors (Lipinski definition) is 4. The Bertz CT molecular complexity index is 241. The van der Waals surface area contributed by atoms with E-state index in [4.69, 9.17) is 5.11 Å². The van der Waals surface area contributed by atoms with Crippen LogP contribution in [0.1, 0.15) is 12.8 Å². The van der Waals surface area contributed by atoms with Crippen molar-refractivity contribution in [2.45, 2.75) is 18.9 Å². The Morgan fingerprint density at radius 2 is 2.31 bits per heavy atom. The molecule has 1 saturated heterocycles. The SMILES string of the molecule is O=CN(CO)C1CCC(=O)NC1=O. The predicted octanol–water partition coefficient (Wildman–Crippen LogP) is -1.80. The van der Waals surface area contributed by atoms with Crippen molar-refractivity contribution in [3.8, 4) is 0 Å². The van der Waals surface area contributed by atoms with E-state index in [2.05, 4.69) is 5.32 Å². The van der Waals surface area contributed by atoms with Crippen molar-refractivity contribution in [2.75, 3.05) is 6.73 Å². The van der Waals surface area contributed by atoms with Gasteiger partial charge in [-0.1, -0.05) is 0 Å². The van der Waals surface area contributed by atoms with E-state index in [-0.39, 0.29) is 18.7 Å². The molecule has 1 heterocycles. The van der Waals surface area contributed by atoms with Gasteiger partial charge < -0.3 is 10.0 Å². The average Bonchev–Trinajstić information content (AvgIpc) is 2.10. The van der Waals surface area contributed by atoms with Gasteiger partial charge in [-0.25, -0.2) is 0 Å². The molecule has 1 atom stereocenters. The fourth-order valence-electron chi connectivity index (χ4n) is 1.20. The van der Waals surface area contributed by atoms with Crippen LogP contribution in [0.15, 0.2) is 0 Å². The van der Waals surface area contributed by atoms with Crippen molar-refractivity contribution in [1.82, 2.24) is 10.2 Å². The van der Waals surface area contributed by atoms with E-state index in [0.717, 1.165) is 4.90 Å². The maximum atomic E-state index is 11.1. The van der Waals surface area contributed by atoms with Gasteiger partial charge in [0.25, 0.3) is 0 Å². The smallest absolute Gasteiger partial charge is 0.249 e. The first kappa shape index (κ1) is 9.66. The number of imide groups is 1. The third kappa shape index (κ3) is 2.03. The molecule has 72 valence electrons. The van der Waals surface area contributed by atoms with E-state index in [1.165, 1.54) is 0 Å². The molecular formula is C7H10N2O4. The Morgan fingerprint density at radius 3 is 2.77 bits per heavy atom. The van der Waals surface area contributed by atoms with Crippen LogP contribution in [0.5, 0.6) is 0 Å². The fourth-order valence-corrected chi connectivity index (χ4v) is 1.20. The molecule has 13 heavy (non-hydrogen) atoms. The first-order chi connectivity index (χ1) is 6.19. The van der Waals surface area contributed by atoms with Gasteiger partial charge in [0.1, 0.15) is 12.8 Å². The van der Waals surface area contributed by atoms with Gasteiger partial charge in [-0.05, 0) is 6.42 Å². The molecule has 0 bridgehead atoms. The first-order valence-electron chi connectivity index (χ1n) is 3.84. The van der Waals surface area contributed by atoms with E-state index < -0.39 is 18.7 Å². The maximum Gasteiger partial charge on any atom is 0.249 e. The van der Waals surface area contributed by atoms with E-state index in [0.29, 0.717) is 6.41 Å². The molecule has 0 aromatic carbocycles. The number of piperidine rings is 1. The summed E-state index contributed by atoms with van der Waals surface area (Å²) in [5.41, 5.74) is 0. The second-order valence-electron chi connectivity index (χ2n) is 2.73. The van der Waals surface area contributed by atoms with Crippen LogP contribution in [0.4, 0.5) is 0 Å². The normalized spacial score (nSPS) is 22.4. The van der Waals surface area contributed by atoms with Crippen LogP contribution >= 0.6 is 0 Å². The van der Waals surface area contributed by atoms with Gasteiger partial charge in [-0.3, -0.25) is 19.7 Å². The van der Waals surface area contributed by atoms with Crippen molar-refractivity contribution >= 4 is 18.2 Å². The minimum absolute atomic E-state index is 0.195. The van der Waals surface area contributed by atoms with Gasteiger partial charge in [-0.2, -0.15) is 0 Å². The topological polar surface area (TPSA) is 86.7 Å². The molecule has 0 aromatic rings. The standard InChI is InChI=1S/C7H10N2O4/c10-3-9(4-11)5-1-2-6(12)8-7(5)13/h3,5,11H,1-2,4H2,(H,8,12,13). The number of aliphatic hydroxyl groups is 1. The summed E-state index contributed by atoms with van der Waals surface area (Å²) in [5, 5.41) is 10.8. The maximum absolute atomic E-state index is 11.1. The van der Waals surface area contributed by atoms with Gasteiger partial charge in [0.2, 0.25) is 18.2 Å². The third-order valence-electron chi connectivity index (χ3n) is 1.91. The number of amides is 3. The van der Waals surface area contributed by atoms with Crippen LogP contribution in [0.25, 0.3) is 0 Å². The number of carbonyl (C=O) groups is 3. The molecule has 0 aliphatic carbocycles. The van der Waals surface area contributed by atoms with Crippen LogP contribution in [0.2, 0.25) is 0 Å². The van der Waals surface area contributed by atoms with Crippen LogP contribution < -0.4 is 5.32 Å².